The van der Waals surface area contributed by atoms with Gasteiger partial charge in [0.2, 0.25) is 5.95 Å². The van der Waals surface area contributed by atoms with Crippen molar-refractivity contribution in [2.75, 3.05) is 10.6 Å². The van der Waals surface area contributed by atoms with E-state index in [-0.39, 0.29) is 5.82 Å². The van der Waals surface area contributed by atoms with Crippen molar-refractivity contribution in [2.45, 2.75) is 63.5 Å². The molecule has 0 spiro atoms. The molecule has 2 fully saturated rings. The van der Waals surface area contributed by atoms with Crippen LogP contribution >= 0.6 is 0 Å². The molecule has 1 aromatic heterocycles. The minimum atomic E-state index is -0.188. The molecule has 0 aliphatic heterocycles. The standard InChI is InChI=1S/C20H25FN4/c21-17-9-5-4-6-15(17)13-22-19-12-18(14-10-11-14)24-20(25-19)23-16-7-2-1-3-8-16/h4-6,9,12,14,16H,1-3,7-8,10-11,13H2,(H2,22,23,24,25). The fraction of sp³-hybridized carbons (Fsp3) is 0.500. The largest absolute Gasteiger partial charge is 0.366 e. The highest BCUT2D eigenvalue weighted by Crippen LogP contribution is 2.40. The Hall–Kier alpha value is -2.17. The van der Waals surface area contributed by atoms with Crippen LogP contribution in [0.4, 0.5) is 16.2 Å². The van der Waals surface area contributed by atoms with E-state index >= 15 is 0 Å². The molecule has 0 unspecified atom stereocenters. The summed E-state index contributed by atoms with van der Waals surface area (Å²) in [4.78, 5) is 9.35. The summed E-state index contributed by atoms with van der Waals surface area (Å²) in [6.07, 6.45) is 8.66. The van der Waals surface area contributed by atoms with Gasteiger partial charge in [-0.05, 0) is 31.7 Å². The number of nitrogens with one attached hydrogen (secondary N) is 2. The van der Waals surface area contributed by atoms with Crippen molar-refractivity contribution >= 4 is 11.8 Å². The Labute approximate surface area is 148 Å². The van der Waals surface area contributed by atoms with Crippen LogP contribution in [-0.4, -0.2) is 16.0 Å². The van der Waals surface area contributed by atoms with Gasteiger partial charge in [0.05, 0.1) is 5.69 Å². The van der Waals surface area contributed by atoms with Gasteiger partial charge in [-0.25, -0.2) is 9.37 Å². The summed E-state index contributed by atoms with van der Waals surface area (Å²) in [5.41, 5.74) is 1.75. The van der Waals surface area contributed by atoms with Crippen LogP contribution < -0.4 is 10.6 Å². The lowest BCUT2D eigenvalue weighted by molar-refractivity contribution is 0.460. The van der Waals surface area contributed by atoms with Gasteiger partial charge in [-0.1, -0.05) is 37.5 Å². The van der Waals surface area contributed by atoms with Crippen LogP contribution in [0.2, 0.25) is 0 Å². The molecule has 2 saturated carbocycles. The minimum absolute atomic E-state index is 0.188. The molecule has 2 aromatic rings. The van der Waals surface area contributed by atoms with E-state index < -0.39 is 0 Å². The Balaban J connectivity index is 1.49. The van der Waals surface area contributed by atoms with Crippen molar-refractivity contribution in [1.29, 1.82) is 0 Å². The Morgan fingerprint density at radius 1 is 1.00 bits per heavy atom. The van der Waals surface area contributed by atoms with Crippen LogP contribution in [0.15, 0.2) is 30.3 Å². The Bertz CT molecular complexity index is 723. The Morgan fingerprint density at radius 3 is 2.56 bits per heavy atom. The van der Waals surface area contributed by atoms with Crippen molar-refractivity contribution in [3.8, 4) is 0 Å². The summed E-state index contributed by atoms with van der Waals surface area (Å²) in [6, 6.07) is 9.34. The minimum Gasteiger partial charge on any atom is -0.366 e. The molecular weight excluding hydrogens is 315 g/mol. The number of nitrogens with zero attached hydrogens (tertiary/aromatic N) is 2. The Kier molecular flexibility index (Phi) is 4.81. The molecule has 4 rings (SSSR count). The molecule has 0 radical (unpaired) electrons. The molecule has 1 aromatic carbocycles. The van der Waals surface area contributed by atoms with E-state index in [0.717, 1.165) is 11.5 Å². The molecule has 2 N–H and O–H groups in total. The summed E-state index contributed by atoms with van der Waals surface area (Å²) in [7, 11) is 0. The van der Waals surface area contributed by atoms with E-state index in [9.17, 15) is 4.39 Å². The zero-order valence-electron chi connectivity index (χ0n) is 14.5. The summed E-state index contributed by atoms with van der Waals surface area (Å²) < 4.78 is 13.8. The number of hydrogen-bond donors (Lipinski definition) is 2. The molecular formula is C20H25FN4. The summed E-state index contributed by atoms with van der Waals surface area (Å²) in [5.74, 6) is 1.86. The van der Waals surface area contributed by atoms with Crippen LogP contribution in [0.5, 0.6) is 0 Å². The zero-order valence-corrected chi connectivity index (χ0v) is 14.5. The highest BCUT2D eigenvalue weighted by molar-refractivity contribution is 5.45. The van der Waals surface area contributed by atoms with E-state index in [1.807, 2.05) is 12.1 Å². The molecule has 132 valence electrons. The highest BCUT2D eigenvalue weighted by Gasteiger charge is 2.26. The van der Waals surface area contributed by atoms with Crippen LogP contribution in [0.25, 0.3) is 0 Å². The zero-order chi connectivity index (χ0) is 17.1. The molecule has 25 heavy (non-hydrogen) atoms. The predicted octanol–water partition coefficient (Wildman–Crippen LogP) is 4.85. The second-order valence-electron chi connectivity index (χ2n) is 7.20. The maximum atomic E-state index is 13.8. The Morgan fingerprint density at radius 2 is 1.80 bits per heavy atom. The lowest BCUT2D eigenvalue weighted by atomic mass is 9.96. The van der Waals surface area contributed by atoms with Gasteiger partial charge in [-0.15, -0.1) is 0 Å². The number of rotatable bonds is 6. The van der Waals surface area contributed by atoms with E-state index in [4.69, 9.17) is 4.98 Å². The monoisotopic (exact) mass is 340 g/mol. The quantitative estimate of drug-likeness (QED) is 0.789. The maximum Gasteiger partial charge on any atom is 0.225 e. The molecule has 4 nitrogen and oxygen atoms in total. The van der Waals surface area contributed by atoms with Gasteiger partial charge in [0.25, 0.3) is 0 Å². The SMILES string of the molecule is Fc1ccccc1CNc1cc(C2CC2)nc(NC2CCCCC2)n1. The molecule has 1 heterocycles. The van der Waals surface area contributed by atoms with E-state index in [1.54, 1.807) is 12.1 Å². The maximum absolute atomic E-state index is 13.8. The van der Waals surface area contributed by atoms with Crippen molar-refractivity contribution in [3.05, 3.63) is 47.4 Å². The van der Waals surface area contributed by atoms with E-state index in [1.165, 1.54) is 51.0 Å². The third-order valence-electron chi connectivity index (χ3n) is 5.10. The first-order valence-electron chi connectivity index (χ1n) is 9.41. The number of anilines is 2. The number of benzene rings is 1. The fourth-order valence-electron chi connectivity index (χ4n) is 3.47. The first kappa shape index (κ1) is 16.3. The van der Waals surface area contributed by atoms with Crippen LogP contribution in [0.1, 0.15) is 62.1 Å². The van der Waals surface area contributed by atoms with Gasteiger partial charge in [-0.2, -0.15) is 4.98 Å². The average molecular weight is 340 g/mol. The van der Waals surface area contributed by atoms with Gasteiger partial charge >= 0.3 is 0 Å². The van der Waals surface area contributed by atoms with Crippen molar-refractivity contribution < 1.29 is 4.39 Å². The summed E-state index contributed by atoms with van der Waals surface area (Å²) in [6.45, 7) is 0.427. The topological polar surface area (TPSA) is 49.8 Å². The third-order valence-corrected chi connectivity index (χ3v) is 5.10. The molecule has 0 amide bonds. The molecule has 2 aliphatic rings. The molecule has 0 atom stereocenters. The van der Waals surface area contributed by atoms with Crippen LogP contribution in [0.3, 0.4) is 0 Å². The van der Waals surface area contributed by atoms with Crippen LogP contribution in [0, 0.1) is 5.82 Å². The summed E-state index contributed by atoms with van der Waals surface area (Å²) >= 11 is 0. The van der Waals surface area contributed by atoms with E-state index in [0.29, 0.717) is 30.0 Å². The van der Waals surface area contributed by atoms with Gasteiger partial charge in [-0.3, -0.25) is 0 Å². The number of hydrogen-bond acceptors (Lipinski definition) is 4. The third kappa shape index (κ3) is 4.27. The average Bonchev–Trinajstić information content (AvgIpc) is 3.47. The second kappa shape index (κ2) is 7.38. The van der Waals surface area contributed by atoms with Gasteiger partial charge in [0.15, 0.2) is 0 Å². The summed E-state index contributed by atoms with van der Waals surface area (Å²) in [5, 5.41) is 6.79. The first-order chi connectivity index (χ1) is 12.3. The molecule has 0 saturated heterocycles. The first-order valence-corrected chi connectivity index (χ1v) is 9.41. The van der Waals surface area contributed by atoms with Gasteiger partial charge in [0.1, 0.15) is 11.6 Å². The second-order valence-corrected chi connectivity index (χ2v) is 7.20. The lowest BCUT2D eigenvalue weighted by Crippen LogP contribution is -2.24. The van der Waals surface area contributed by atoms with Crippen LogP contribution in [-0.2, 0) is 6.54 Å². The smallest absolute Gasteiger partial charge is 0.225 e. The highest BCUT2D eigenvalue weighted by atomic mass is 19.1. The molecule has 5 heteroatoms. The molecule has 2 aliphatic carbocycles. The molecule has 0 bridgehead atoms. The van der Waals surface area contributed by atoms with Crippen molar-refractivity contribution in [1.82, 2.24) is 9.97 Å². The number of aromatic nitrogens is 2. The fourth-order valence-corrected chi connectivity index (χ4v) is 3.47. The van der Waals surface area contributed by atoms with E-state index in [2.05, 4.69) is 15.6 Å². The normalized spacial score (nSPS) is 18.1. The number of halogens is 1. The van der Waals surface area contributed by atoms with Gasteiger partial charge < -0.3 is 10.6 Å². The van der Waals surface area contributed by atoms with Crippen molar-refractivity contribution in [3.63, 3.8) is 0 Å². The van der Waals surface area contributed by atoms with Gasteiger partial charge in [0, 0.05) is 30.1 Å². The van der Waals surface area contributed by atoms with Crippen molar-refractivity contribution in [2.24, 2.45) is 0 Å². The predicted molar refractivity (Wildman–Crippen MR) is 98.2 cm³/mol. The lowest BCUT2D eigenvalue weighted by Gasteiger charge is -2.23.